The molecule has 2 aromatic carbocycles. The number of halogens is 2. The highest BCUT2D eigenvalue weighted by Gasteiger charge is 2.02. The summed E-state index contributed by atoms with van der Waals surface area (Å²) in [4.78, 5) is 0. The summed E-state index contributed by atoms with van der Waals surface area (Å²) in [7, 11) is 0. The molecule has 0 spiro atoms. The van der Waals surface area contributed by atoms with Gasteiger partial charge in [0.05, 0.1) is 11.4 Å². The summed E-state index contributed by atoms with van der Waals surface area (Å²) in [5.41, 5.74) is 8.59. The van der Waals surface area contributed by atoms with Gasteiger partial charge in [-0.1, -0.05) is 12.1 Å². The zero-order valence-corrected chi connectivity index (χ0v) is 12.1. The van der Waals surface area contributed by atoms with Crippen molar-refractivity contribution in [2.45, 2.75) is 0 Å². The van der Waals surface area contributed by atoms with Crippen LogP contribution in [0.25, 0.3) is 0 Å². The van der Waals surface area contributed by atoms with E-state index in [4.69, 9.17) is 5.73 Å². The second-order valence-electron chi connectivity index (χ2n) is 3.34. The average Bonchev–Trinajstić information content (AvgIpc) is 2.25. The second-order valence-corrected chi connectivity index (χ2v) is 5.36. The van der Waals surface area contributed by atoms with Crippen LogP contribution in [0, 0.1) is 3.57 Å². The summed E-state index contributed by atoms with van der Waals surface area (Å²) in [6, 6.07) is 13.8. The summed E-state index contributed by atoms with van der Waals surface area (Å²) in [5, 5.41) is 3.36. The number of hydrogen-bond donors (Lipinski definition) is 2. The minimum Gasteiger partial charge on any atom is -0.399 e. The predicted molar refractivity (Wildman–Crippen MR) is 81.0 cm³/mol. The number of hydrogen-bond acceptors (Lipinski definition) is 2. The second kappa shape index (κ2) is 5.05. The first kappa shape index (κ1) is 11.7. The van der Waals surface area contributed by atoms with E-state index >= 15 is 0 Å². The third-order valence-corrected chi connectivity index (χ3v) is 3.72. The van der Waals surface area contributed by atoms with Gasteiger partial charge in [-0.05, 0) is 68.9 Å². The van der Waals surface area contributed by atoms with Gasteiger partial charge in [0.25, 0.3) is 0 Å². The molecule has 82 valence electrons. The zero-order chi connectivity index (χ0) is 11.5. The molecule has 3 N–H and O–H groups in total. The van der Waals surface area contributed by atoms with Crippen molar-refractivity contribution in [2.75, 3.05) is 11.1 Å². The number of nitrogens with one attached hydrogen (secondary N) is 1. The molecule has 0 aliphatic heterocycles. The molecular weight excluding hydrogens is 379 g/mol. The van der Waals surface area contributed by atoms with Gasteiger partial charge in [-0.15, -0.1) is 0 Å². The summed E-state index contributed by atoms with van der Waals surface area (Å²) in [6.45, 7) is 0. The quantitative estimate of drug-likeness (QED) is 0.591. The van der Waals surface area contributed by atoms with Crippen LogP contribution in [0.1, 0.15) is 0 Å². The predicted octanol–water partition coefficient (Wildman–Crippen LogP) is 4.38. The van der Waals surface area contributed by atoms with Crippen LogP contribution in [0.15, 0.2) is 46.9 Å². The fourth-order valence-electron chi connectivity index (χ4n) is 1.34. The van der Waals surface area contributed by atoms with Crippen LogP contribution in [-0.2, 0) is 0 Å². The van der Waals surface area contributed by atoms with Gasteiger partial charge in [0.2, 0.25) is 0 Å². The monoisotopic (exact) mass is 388 g/mol. The third kappa shape index (κ3) is 2.68. The minimum absolute atomic E-state index is 0.780. The molecule has 0 bridgehead atoms. The summed E-state index contributed by atoms with van der Waals surface area (Å²) < 4.78 is 2.15. The Morgan fingerprint density at radius 2 is 1.81 bits per heavy atom. The number of nitrogen functional groups attached to an aromatic ring is 1. The highest BCUT2D eigenvalue weighted by atomic mass is 127. The van der Waals surface area contributed by atoms with Crippen molar-refractivity contribution in [3.05, 3.63) is 50.5 Å². The first-order valence-corrected chi connectivity index (χ1v) is 6.60. The van der Waals surface area contributed by atoms with Gasteiger partial charge in [0, 0.05) is 13.7 Å². The largest absolute Gasteiger partial charge is 0.399 e. The summed E-state index contributed by atoms with van der Waals surface area (Å²) in [5.74, 6) is 0. The van der Waals surface area contributed by atoms with Crippen LogP contribution in [-0.4, -0.2) is 0 Å². The molecule has 0 heterocycles. The fraction of sp³-hybridized carbons (Fsp3) is 0. The van der Waals surface area contributed by atoms with Crippen molar-refractivity contribution in [3.63, 3.8) is 0 Å². The average molecular weight is 389 g/mol. The number of benzene rings is 2. The molecule has 0 saturated carbocycles. The van der Waals surface area contributed by atoms with Gasteiger partial charge in [-0.2, -0.15) is 0 Å². The molecule has 0 aliphatic rings. The molecule has 2 nitrogen and oxygen atoms in total. The Labute approximate surface area is 117 Å². The lowest BCUT2D eigenvalue weighted by Gasteiger charge is -2.10. The van der Waals surface area contributed by atoms with E-state index in [2.05, 4.69) is 43.8 Å². The maximum atomic E-state index is 5.71. The van der Waals surface area contributed by atoms with Gasteiger partial charge < -0.3 is 11.1 Å². The van der Waals surface area contributed by atoms with E-state index in [1.54, 1.807) is 0 Å². The van der Waals surface area contributed by atoms with Crippen molar-refractivity contribution in [2.24, 2.45) is 0 Å². The van der Waals surface area contributed by atoms with Crippen molar-refractivity contribution in [3.8, 4) is 0 Å². The van der Waals surface area contributed by atoms with Crippen molar-refractivity contribution < 1.29 is 0 Å². The number of para-hydroxylation sites is 1. The van der Waals surface area contributed by atoms with Gasteiger partial charge in [-0.3, -0.25) is 0 Å². The molecule has 0 fully saturated rings. The Morgan fingerprint density at radius 3 is 2.50 bits per heavy atom. The number of rotatable bonds is 2. The van der Waals surface area contributed by atoms with Crippen molar-refractivity contribution >= 4 is 55.6 Å². The summed E-state index contributed by atoms with van der Waals surface area (Å²) >= 11 is 5.77. The molecule has 16 heavy (non-hydrogen) atoms. The SMILES string of the molecule is Nc1ccc(Nc2ccccc2Br)c(I)c1. The molecule has 0 unspecified atom stereocenters. The van der Waals surface area contributed by atoms with E-state index in [-0.39, 0.29) is 0 Å². The van der Waals surface area contributed by atoms with Gasteiger partial charge in [0.15, 0.2) is 0 Å². The smallest absolute Gasteiger partial charge is 0.0528 e. The van der Waals surface area contributed by atoms with Crippen molar-refractivity contribution in [1.29, 1.82) is 0 Å². The Hall–Kier alpha value is -0.750. The van der Waals surface area contributed by atoms with Crippen LogP contribution in [0.3, 0.4) is 0 Å². The van der Waals surface area contributed by atoms with Crippen LogP contribution in [0.5, 0.6) is 0 Å². The summed E-state index contributed by atoms with van der Waals surface area (Å²) in [6.07, 6.45) is 0. The molecule has 0 aliphatic carbocycles. The number of anilines is 3. The Balaban J connectivity index is 2.31. The van der Waals surface area contributed by atoms with E-state index < -0.39 is 0 Å². The Bertz CT molecular complexity index is 514. The zero-order valence-electron chi connectivity index (χ0n) is 8.37. The lowest BCUT2D eigenvalue weighted by molar-refractivity contribution is 1.50. The minimum atomic E-state index is 0.780. The highest BCUT2D eigenvalue weighted by molar-refractivity contribution is 14.1. The highest BCUT2D eigenvalue weighted by Crippen LogP contribution is 2.28. The normalized spacial score (nSPS) is 10.1. The first-order valence-electron chi connectivity index (χ1n) is 4.73. The molecule has 2 aromatic rings. The lowest BCUT2D eigenvalue weighted by atomic mass is 10.2. The maximum Gasteiger partial charge on any atom is 0.0528 e. The first-order chi connectivity index (χ1) is 7.66. The van der Waals surface area contributed by atoms with Crippen LogP contribution in [0.2, 0.25) is 0 Å². The molecule has 2 rings (SSSR count). The van der Waals surface area contributed by atoms with E-state index in [1.165, 1.54) is 0 Å². The van der Waals surface area contributed by atoms with Crippen LogP contribution in [0.4, 0.5) is 17.1 Å². The number of nitrogens with two attached hydrogens (primary N) is 1. The third-order valence-electron chi connectivity index (χ3n) is 2.14. The van der Waals surface area contributed by atoms with Gasteiger partial charge >= 0.3 is 0 Å². The van der Waals surface area contributed by atoms with Gasteiger partial charge in [0.1, 0.15) is 0 Å². The fourth-order valence-corrected chi connectivity index (χ4v) is 2.40. The van der Waals surface area contributed by atoms with E-state index in [9.17, 15) is 0 Å². The van der Waals surface area contributed by atoms with Gasteiger partial charge in [-0.25, -0.2) is 0 Å². The molecular formula is C12H10BrIN2. The topological polar surface area (TPSA) is 38.0 Å². The Morgan fingerprint density at radius 1 is 1.06 bits per heavy atom. The van der Waals surface area contributed by atoms with Crippen LogP contribution < -0.4 is 11.1 Å². The lowest BCUT2D eigenvalue weighted by Crippen LogP contribution is -1.95. The van der Waals surface area contributed by atoms with E-state index in [0.29, 0.717) is 0 Å². The standard InChI is InChI=1S/C12H10BrIN2/c13-9-3-1-2-4-11(9)16-12-6-5-8(15)7-10(12)14/h1-7,16H,15H2. The van der Waals surface area contributed by atoms with Crippen LogP contribution >= 0.6 is 38.5 Å². The van der Waals surface area contributed by atoms with E-state index in [0.717, 1.165) is 25.1 Å². The molecule has 4 heteroatoms. The van der Waals surface area contributed by atoms with Crippen molar-refractivity contribution in [1.82, 2.24) is 0 Å². The molecule has 0 atom stereocenters. The molecule has 0 amide bonds. The maximum absolute atomic E-state index is 5.71. The Kier molecular flexibility index (Phi) is 3.70. The van der Waals surface area contributed by atoms with E-state index in [1.807, 2.05) is 42.5 Å². The molecule has 0 aromatic heterocycles. The molecule has 0 saturated heterocycles. The molecule has 0 radical (unpaired) electrons.